The minimum Gasteiger partial charge on any atom is -0.299 e. The van der Waals surface area contributed by atoms with Gasteiger partial charge in [-0.1, -0.05) is 64.5 Å². The Hall–Kier alpha value is -1.53. The SMILES string of the molecule is CC1(C)COOC2(CC[C@@]34Cc5cc(C6(C)CC(C)(C)COO6)ccc5[C@H]5C[C@]6(C)C(=O)CC[C@H]6[C@H](CC=C3C2)[C@H]54)C1. The predicted octanol–water partition coefficient (Wildman–Crippen LogP) is 8.16. The van der Waals surface area contributed by atoms with Crippen LogP contribution in [0, 0.1) is 39.4 Å². The van der Waals surface area contributed by atoms with Crippen molar-refractivity contribution in [3.63, 3.8) is 0 Å². The summed E-state index contributed by atoms with van der Waals surface area (Å²) in [6, 6.07) is 7.19. The number of benzene rings is 1. The third-order valence-electron chi connectivity index (χ3n) is 13.3. The molecule has 2 unspecified atom stereocenters. The van der Waals surface area contributed by atoms with Crippen LogP contribution in [-0.2, 0) is 36.4 Å². The fourth-order valence-corrected chi connectivity index (χ4v) is 11.8. The highest BCUT2D eigenvalue weighted by atomic mass is 17.2. The number of ketones is 1. The van der Waals surface area contributed by atoms with Gasteiger partial charge in [0.05, 0.1) is 13.2 Å². The first-order valence-electron chi connectivity index (χ1n) is 16.7. The second-order valence-electron chi connectivity index (χ2n) is 17.7. The van der Waals surface area contributed by atoms with Crippen molar-refractivity contribution in [2.24, 2.45) is 39.4 Å². The molecule has 2 heterocycles. The average Bonchev–Trinajstić information content (AvgIpc) is 3.21. The van der Waals surface area contributed by atoms with Gasteiger partial charge in [0.25, 0.3) is 0 Å². The third kappa shape index (κ3) is 3.91. The van der Waals surface area contributed by atoms with Gasteiger partial charge in [0.1, 0.15) is 17.0 Å². The molecule has 0 bridgehead atoms. The maximum absolute atomic E-state index is 13.5. The summed E-state index contributed by atoms with van der Waals surface area (Å²) < 4.78 is 0. The zero-order valence-corrected chi connectivity index (χ0v) is 26.6. The van der Waals surface area contributed by atoms with E-state index in [9.17, 15) is 4.79 Å². The van der Waals surface area contributed by atoms with Gasteiger partial charge in [0.15, 0.2) is 0 Å². The van der Waals surface area contributed by atoms with Crippen molar-refractivity contribution in [2.45, 2.75) is 123 Å². The van der Waals surface area contributed by atoms with Crippen molar-refractivity contribution in [1.29, 1.82) is 0 Å². The van der Waals surface area contributed by atoms with Gasteiger partial charge < -0.3 is 0 Å². The smallest absolute Gasteiger partial charge is 0.139 e. The van der Waals surface area contributed by atoms with E-state index in [4.69, 9.17) is 19.6 Å². The first kappa shape index (κ1) is 28.0. The second kappa shape index (κ2) is 8.80. The van der Waals surface area contributed by atoms with Crippen LogP contribution in [0.2, 0.25) is 0 Å². The molecular formula is C37H50O5. The monoisotopic (exact) mass is 574 g/mol. The Labute approximate surface area is 251 Å². The number of hydrogen-bond acceptors (Lipinski definition) is 5. The molecule has 5 fully saturated rings. The van der Waals surface area contributed by atoms with Gasteiger partial charge in [-0.2, -0.15) is 0 Å². The molecule has 2 aliphatic heterocycles. The number of rotatable bonds is 1. The van der Waals surface area contributed by atoms with Crippen LogP contribution in [0.15, 0.2) is 29.8 Å². The van der Waals surface area contributed by atoms with Gasteiger partial charge in [-0.05, 0) is 115 Å². The van der Waals surface area contributed by atoms with Crippen molar-refractivity contribution in [3.8, 4) is 0 Å². The van der Waals surface area contributed by atoms with Crippen LogP contribution in [0.25, 0.3) is 0 Å². The quantitative estimate of drug-likeness (QED) is 0.250. The number of hydrogen-bond donors (Lipinski definition) is 0. The van der Waals surface area contributed by atoms with E-state index in [-0.39, 0.29) is 27.3 Å². The highest BCUT2D eigenvalue weighted by molar-refractivity contribution is 5.87. The van der Waals surface area contributed by atoms with Crippen molar-refractivity contribution in [2.75, 3.05) is 13.2 Å². The van der Waals surface area contributed by atoms with Gasteiger partial charge in [0, 0.05) is 18.3 Å². The zero-order chi connectivity index (χ0) is 29.3. The summed E-state index contributed by atoms with van der Waals surface area (Å²) in [6.07, 6.45) is 12.8. The molecule has 2 saturated heterocycles. The fourth-order valence-electron chi connectivity index (χ4n) is 11.8. The molecule has 1 aromatic rings. The molecule has 0 amide bonds. The zero-order valence-electron chi connectivity index (χ0n) is 26.6. The van der Waals surface area contributed by atoms with Crippen molar-refractivity contribution < 1.29 is 24.3 Å². The summed E-state index contributed by atoms with van der Waals surface area (Å²) in [5.74, 6) is 2.62. The average molecular weight is 575 g/mol. The number of carbonyl (C=O) groups is 1. The lowest BCUT2D eigenvalue weighted by Crippen LogP contribution is -2.59. The van der Waals surface area contributed by atoms with Gasteiger partial charge in [-0.3, -0.25) is 4.79 Å². The van der Waals surface area contributed by atoms with Gasteiger partial charge in [0.2, 0.25) is 0 Å². The largest absolute Gasteiger partial charge is 0.299 e. The Morgan fingerprint density at radius 3 is 2.40 bits per heavy atom. The van der Waals surface area contributed by atoms with E-state index in [0.717, 1.165) is 64.2 Å². The summed E-state index contributed by atoms with van der Waals surface area (Å²) in [5.41, 5.74) is 5.24. The van der Waals surface area contributed by atoms with Crippen molar-refractivity contribution in [3.05, 3.63) is 46.5 Å². The van der Waals surface area contributed by atoms with E-state index in [1.54, 1.807) is 5.57 Å². The van der Waals surface area contributed by atoms with E-state index in [1.807, 2.05) is 0 Å². The molecular weight excluding hydrogens is 524 g/mol. The maximum atomic E-state index is 13.5. The van der Waals surface area contributed by atoms with E-state index in [0.29, 0.717) is 42.7 Å². The Morgan fingerprint density at radius 1 is 0.881 bits per heavy atom. The molecule has 5 heteroatoms. The van der Waals surface area contributed by atoms with Crippen LogP contribution in [-0.4, -0.2) is 24.6 Å². The summed E-state index contributed by atoms with van der Waals surface area (Å²) >= 11 is 0. The molecule has 0 radical (unpaired) electrons. The Bertz CT molecular complexity index is 1360. The standard InChI is InChI=1S/C37H50O5/c1-32(2)19-35(6,41-39-21-32)24-7-9-26-23(15-24)16-37-14-13-36(20-33(3,4)22-40-42-36)17-25(37)8-10-27-29-11-12-30(38)34(29,5)18-28(26)31(27)37/h7-9,15,27-29,31H,10-14,16-22H2,1-6H3/t27-,28+,29-,31+,34-,35?,36?,37+/m0/s1. The minimum atomic E-state index is -0.473. The third-order valence-corrected chi connectivity index (χ3v) is 13.3. The maximum Gasteiger partial charge on any atom is 0.139 e. The Kier molecular flexibility index (Phi) is 5.86. The Morgan fingerprint density at radius 2 is 1.64 bits per heavy atom. The fraction of sp³-hybridized carbons (Fsp3) is 0.757. The molecule has 1 aromatic carbocycles. The molecule has 2 spiro atoms. The molecule has 42 heavy (non-hydrogen) atoms. The molecule has 7 aliphatic rings. The van der Waals surface area contributed by atoms with Crippen LogP contribution in [0.5, 0.6) is 0 Å². The first-order valence-corrected chi connectivity index (χ1v) is 16.7. The molecule has 228 valence electrons. The normalized spacial score (nSPS) is 46.7. The number of carbonyl (C=O) groups excluding carboxylic acids is 1. The molecule has 8 rings (SSSR count). The van der Waals surface area contributed by atoms with Crippen LogP contribution >= 0.6 is 0 Å². The molecule has 5 aliphatic carbocycles. The predicted molar refractivity (Wildman–Crippen MR) is 160 cm³/mol. The summed E-state index contributed by atoms with van der Waals surface area (Å²) in [6.45, 7) is 15.0. The minimum absolute atomic E-state index is 0.0581. The van der Waals surface area contributed by atoms with Crippen LogP contribution in [0.4, 0.5) is 0 Å². The summed E-state index contributed by atoms with van der Waals surface area (Å²) in [5, 5.41) is 0. The summed E-state index contributed by atoms with van der Waals surface area (Å²) in [7, 11) is 0. The molecule has 0 N–H and O–H groups in total. The van der Waals surface area contributed by atoms with Crippen molar-refractivity contribution in [1.82, 2.24) is 0 Å². The molecule has 0 aromatic heterocycles. The van der Waals surface area contributed by atoms with Crippen LogP contribution < -0.4 is 0 Å². The van der Waals surface area contributed by atoms with Gasteiger partial charge in [-0.25, -0.2) is 19.6 Å². The lowest BCUT2D eigenvalue weighted by molar-refractivity contribution is -0.409. The van der Waals surface area contributed by atoms with Gasteiger partial charge in [-0.15, -0.1) is 0 Å². The van der Waals surface area contributed by atoms with Crippen molar-refractivity contribution >= 4 is 5.78 Å². The number of Topliss-reactive ketones (excluding diaryl/α,β-unsaturated/α-hetero) is 1. The van der Waals surface area contributed by atoms with E-state index >= 15 is 0 Å². The first-order chi connectivity index (χ1) is 19.8. The topological polar surface area (TPSA) is 54.0 Å². The highest BCUT2D eigenvalue weighted by Gasteiger charge is 2.66. The van der Waals surface area contributed by atoms with Gasteiger partial charge >= 0.3 is 0 Å². The van der Waals surface area contributed by atoms with E-state index < -0.39 is 5.60 Å². The molecule has 5 nitrogen and oxygen atoms in total. The molecule has 8 atom stereocenters. The van der Waals surface area contributed by atoms with Crippen LogP contribution in [0.1, 0.15) is 122 Å². The molecule has 3 saturated carbocycles. The summed E-state index contributed by atoms with van der Waals surface area (Å²) in [4.78, 5) is 37.4. The lowest BCUT2D eigenvalue weighted by Gasteiger charge is -2.64. The Balaban J connectivity index is 1.24. The number of allylic oxidation sites excluding steroid dienone is 1. The lowest BCUT2D eigenvalue weighted by atomic mass is 9.40. The van der Waals surface area contributed by atoms with Crippen LogP contribution in [0.3, 0.4) is 0 Å². The van der Waals surface area contributed by atoms with E-state index in [1.165, 1.54) is 16.7 Å². The number of fused-ring (bicyclic) bond motifs is 4. The highest BCUT2D eigenvalue weighted by Crippen LogP contribution is 2.71. The second-order valence-corrected chi connectivity index (χ2v) is 17.7. The van der Waals surface area contributed by atoms with E-state index in [2.05, 4.69) is 65.8 Å².